The lowest BCUT2D eigenvalue weighted by molar-refractivity contribution is 0.102. The summed E-state index contributed by atoms with van der Waals surface area (Å²) in [5.74, 6) is -0.328. The van der Waals surface area contributed by atoms with E-state index in [9.17, 15) is 9.90 Å². The standard InChI is InChI=1S/C15H14BrNO2/c1-9-3-5-12(14(18)7-9)15(19)17-11-4-6-13(16)10(2)8-11/h3-8,18H,1-2H3,(H,17,19). The van der Waals surface area contributed by atoms with E-state index in [0.717, 1.165) is 15.6 Å². The molecule has 0 aliphatic heterocycles. The molecule has 4 heteroatoms. The Kier molecular flexibility index (Phi) is 3.90. The summed E-state index contributed by atoms with van der Waals surface area (Å²) in [7, 11) is 0. The summed E-state index contributed by atoms with van der Waals surface area (Å²) in [5, 5.41) is 12.5. The molecule has 0 atom stereocenters. The van der Waals surface area contributed by atoms with Crippen molar-refractivity contribution >= 4 is 27.5 Å². The number of phenols is 1. The lowest BCUT2D eigenvalue weighted by Gasteiger charge is -2.08. The zero-order valence-corrected chi connectivity index (χ0v) is 12.3. The van der Waals surface area contributed by atoms with Gasteiger partial charge in [0, 0.05) is 10.2 Å². The van der Waals surface area contributed by atoms with Gasteiger partial charge in [-0.1, -0.05) is 22.0 Å². The van der Waals surface area contributed by atoms with Gasteiger partial charge in [-0.3, -0.25) is 4.79 Å². The third kappa shape index (κ3) is 3.15. The Bertz CT molecular complexity index is 638. The highest BCUT2D eigenvalue weighted by Gasteiger charge is 2.11. The van der Waals surface area contributed by atoms with Crippen molar-refractivity contribution < 1.29 is 9.90 Å². The predicted octanol–water partition coefficient (Wildman–Crippen LogP) is 4.02. The zero-order valence-electron chi connectivity index (χ0n) is 10.7. The van der Waals surface area contributed by atoms with Gasteiger partial charge in [-0.25, -0.2) is 0 Å². The number of hydrogen-bond acceptors (Lipinski definition) is 2. The molecule has 0 aromatic heterocycles. The molecule has 0 bridgehead atoms. The average Bonchev–Trinajstić information content (AvgIpc) is 2.33. The molecule has 0 unspecified atom stereocenters. The van der Waals surface area contributed by atoms with Crippen LogP contribution in [0.2, 0.25) is 0 Å². The summed E-state index contributed by atoms with van der Waals surface area (Å²) < 4.78 is 0.990. The van der Waals surface area contributed by atoms with Gasteiger partial charge in [-0.05, 0) is 55.3 Å². The number of carbonyl (C=O) groups excluding carboxylic acids is 1. The van der Waals surface area contributed by atoms with E-state index in [0.29, 0.717) is 5.69 Å². The minimum atomic E-state index is -0.320. The topological polar surface area (TPSA) is 49.3 Å². The quantitative estimate of drug-likeness (QED) is 0.878. The normalized spacial score (nSPS) is 10.3. The predicted molar refractivity (Wildman–Crippen MR) is 79.7 cm³/mol. The maximum absolute atomic E-state index is 12.1. The summed E-state index contributed by atoms with van der Waals surface area (Å²) in [4.78, 5) is 12.1. The van der Waals surface area contributed by atoms with E-state index in [-0.39, 0.29) is 17.2 Å². The summed E-state index contributed by atoms with van der Waals surface area (Å²) in [5.41, 5.74) is 2.91. The van der Waals surface area contributed by atoms with Crippen LogP contribution < -0.4 is 5.32 Å². The molecule has 0 heterocycles. The number of amides is 1. The molecule has 0 saturated heterocycles. The highest BCUT2D eigenvalue weighted by Crippen LogP contribution is 2.23. The van der Waals surface area contributed by atoms with E-state index in [2.05, 4.69) is 21.2 Å². The average molecular weight is 320 g/mol. The molecule has 2 aromatic carbocycles. The van der Waals surface area contributed by atoms with Gasteiger partial charge >= 0.3 is 0 Å². The van der Waals surface area contributed by atoms with Crippen LogP contribution in [0.4, 0.5) is 5.69 Å². The summed E-state index contributed by atoms with van der Waals surface area (Å²) in [6.07, 6.45) is 0. The van der Waals surface area contributed by atoms with Crippen LogP contribution in [0.3, 0.4) is 0 Å². The first-order chi connectivity index (χ1) is 8.97. The van der Waals surface area contributed by atoms with Gasteiger partial charge < -0.3 is 10.4 Å². The number of hydrogen-bond donors (Lipinski definition) is 2. The summed E-state index contributed by atoms with van der Waals surface area (Å²) in [6, 6.07) is 10.5. The molecule has 2 N–H and O–H groups in total. The fourth-order valence-electron chi connectivity index (χ4n) is 1.75. The smallest absolute Gasteiger partial charge is 0.259 e. The number of halogens is 1. The molecular weight excluding hydrogens is 306 g/mol. The molecule has 0 aliphatic carbocycles. The van der Waals surface area contributed by atoms with Gasteiger partial charge in [0.15, 0.2) is 0 Å². The van der Waals surface area contributed by atoms with Crippen molar-refractivity contribution in [3.63, 3.8) is 0 Å². The first kappa shape index (κ1) is 13.6. The number of phenolic OH excluding ortho intramolecular Hbond substituents is 1. The van der Waals surface area contributed by atoms with Crippen LogP contribution in [0.25, 0.3) is 0 Å². The Morgan fingerprint density at radius 1 is 1.16 bits per heavy atom. The van der Waals surface area contributed by atoms with Crippen molar-refractivity contribution in [2.75, 3.05) is 5.32 Å². The molecule has 1 amide bonds. The van der Waals surface area contributed by atoms with Gasteiger partial charge in [0.05, 0.1) is 5.56 Å². The second kappa shape index (κ2) is 5.45. The molecule has 19 heavy (non-hydrogen) atoms. The van der Waals surface area contributed by atoms with Crippen LogP contribution in [-0.4, -0.2) is 11.0 Å². The zero-order chi connectivity index (χ0) is 14.0. The molecule has 98 valence electrons. The number of aromatic hydroxyl groups is 1. The van der Waals surface area contributed by atoms with Gasteiger partial charge in [0.25, 0.3) is 5.91 Å². The SMILES string of the molecule is Cc1ccc(C(=O)Nc2ccc(Br)c(C)c2)c(O)c1. The molecule has 2 aromatic rings. The molecule has 0 saturated carbocycles. The number of nitrogens with one attached hydrogen (secondary N) is 1. The van der Waals surface area contributed by atoms with Crippen LogP contribution >= 0.6 is 15.9 Å². The van der Waals surface area contributed by atoms with Crippen LogP contribution in [0.15, 0.2) is 40.9 Å². The lowest BCUT2D eigenvalue weighted by atomic mass is 10.1. The van der Waals surface area contributed by atoms with Crippen LogP contribution in [-0.2, 0) is 0 Å². The second-order valence-electron chi connectivity index (χ2n) is 4.44. The maximum atomic E-state index is 12.1. The van der Waals surface area contributed by atoms with E-state index < -0.39 is 0 Å². The fraction of sp³-hybridized carbons (Fsp3) is 0.133. The maximum Gasteiger partial charge on any atom is 0.259 e. The number of rotatable bonds is 2. The highest BCUT2D eigenvalue weighted by atomic mass is 79.9. The van der Waals surface area contributed by atoms with Crippen LogP contribution in [0, 0.1) is 13.8 Å². The summed E-state index contributed by atoms with van der Waals surface area (Å²) in [6.45, 7) is 3.81. The fourth-order valence-corrected chi connectivity index (χ4v) is 2.00. The number of carbonyl (C=O) groups is 1. The Hall–Kier alpha value is -1.81. The number of anilines is 1. The van der Waals surface area contributed by atoms with E-state index in [1.807, 2.05) is 26.0 Å². The van der Waals surface area contributed by atoms with E-state index in [4.69, 9.17) is 0 Å². The molecule has 3 nitrogen and oxygen atoms in total. The molecule has 0 spiro atoms. The van der Waals surface area contributed by atoms with Crippen LogP contribution in [0.5, 0.6) is 5.75 Å². The number of aryl methyl sites for hydroxylation is 2. The Morgan fingerprint density at radius 2 is 1.89 bits per heavy atom. The van der Waals surface area contributed by atoms with Crippen molar-refractivity contribution in [3.05, 3.63) is 57.6 Å². The second-order valence-corrected chi connectivity index (χ2v) is 5.29. The minimum Gasteiger partial charge on any atom is -0.507 e. The molecular formula is C15H14BrNO2. The van der Waals surface area contributed by atoms with Gasteiger partial charge in [0.1, 0.15) is 5.75 Å². The summed E-state index contributed by atoms with van der Waals surface area (Å²) >= 11 is 3.41. The first-order valence-electron chi connectivity index (χ1n) is 5.84. The van der Waals surface area contributed by atoms with Crippen molar-refractivity contribution in [2.45, 2.75) is 13.8 Å². The van der Waals surface area contributed by atoms with Crippen LogP contribution in [0.1, 0.15) is 21.5 Å². The monoisotopic (exact) mass is 319 g/mol. The molecule has 0 fully saturated rings. The van der Waals surface area contributed by atoms with Gasteiger partial charge in [0.2, 0.25) is 0 Å². The van der Waals surface area contributed by atoms with Gasteiger partial charge in [-0.15, -0.1) is 0 Å². The number of benzene rings is 2. The Balaban J connectivity index is 2.23. The third-order valence-electron chi connectivity index (χ3n) is 2.81. The largest absolute Gasteiger partial charge is 0.507 e. The van der Waals surface area contributed by atoms with Crippen molar-refractivity contribution in [2.24, 2.45) is 0 Å². The lowest BCUT2D eigenvalue weighted by Crippen LogP contribution is -2.12. The molecule has 0 radical (unpaired) electrons. The first-order valence-corrected chi connectivity index (χ1v) is 6.64. The van der Waals surface area contributed by atoms with Crippen molar-refractivity contribution in [1.29, 1.82) is 0 Å². The van der Waals surface area contributed by atoms with E-state index in [1.54, 1.807) is 24.3 Å². The van der Waals surface area contributed by atoms with E-state index >= 15 is 0 Å². The van der Waals surface area contributed by atoms with Crippen molar-refractivity contribution in [3.8, 4) is 5.75 Å². The third-order valence-corrected chi connectivity index (χ3v) is 3.70. The minimum absolute atomic E-state index is 0.00802. The highest BCUT2D eigenvalue weighted by molar-refractivity contribution is 9.10. The Morgan fingerprint density at radius 3 is 2.53 bits per heavy atom. The van der Waals surface area contributed by atoms with Gasteiger partial charge in [-0.2, -0.15) is 0 Å². The van der Waals surface area contributed by atoms with Crippen molar-refractivity contribution in [1.82, 2.24) is 0 Å². The molecule has 0 aliphatic rings. The molecule has 2 rings (SSSR count). The Labute approximate surface area is 120 Å². The van der Waals surface area contributed by atoms with E-state index in [1.165, 1.54) is 0 Å².